The lowest BCUT2D eigenvalue weighted by Crippen LogP contribution is -2.42. The van der Waals surface area contributed by atoms with E-state index in [2.05, 4.69) is 15.4 Å². The van der Waals surface area contributed by atoms with Crippen LogP contribution in [0.2, 0.25) is 5.02 Å². The number of halogens is 4. The Morgan fingerprint density at radius 3 is 2.42 bits per heavy atom. The number of hydrogen-bond acceptors (Lipinski definition) is 5. The number of carbonyl (C=O) groups is 2. The van der Waals surface area contributed by atoms with E-state index in [-0.39, 0.29) is 30.6 Å². The molecule has 0 radical (unpaired) electrons. The number of aromatic nitrogens is 3. The maximum absolute atomic E-state index is 13.9. The lowest BCUT2D eigenvalue weighted by atomic mass is 9.95. The Morgan fingerprint density at radius 1 is 1.18 bits per heavy atom. The van der Waals surface area contributed by atoms with Crippen LogP contribution in [0.1, 0.15) is 34.6 Å². The van der Waals surface area contributed by atoms with Crippen LogP contribution in [0, 0.1) is 12.8 Å². The number of alkyl halides is 3. The van der Waals surface area contributed by atoms with Gasteiger partial charge >= 0.3 is 6.18 Å². The molecule has 0 unspecified atom stereocenters. The maximum Gasteiger partial charge on any atom is 0.434 e. The molecule has 0 spiro atoms. The summed E-state index contributed by atoms with van der Waals surface area (Å²) in [6.07, 6.45) is -3.18. The maximum atomic E-state index is 13.9. The number of nitrogens with zero attached hydrogens (tertiary/aromatic N) is 4. The molecular formula is C21H19ClF3N5O2S. The summed E-state index contributed by atoms with van der Waals surface area (Å²) in [5.74, 6) is -1.32. The molecule has 174 valence electrons. The Balaban J connectivity index is 1.48. The second-order valence-electron chi connectivity index (χ2n) is 7.64. The average Bonchev–Trinajstić information content (AvgIpc) is 3.40. The van der Waals surface area contributed by atoms with E-state index in [0.29, 0.717) is 27.7 Å². The zero-order chi connectivity index (χ0) is 23.8. The van der Waals surface area contributed by atoms with Crippen LogP contribution in [0.15, 0.2) is 35.8 Å². The SMILES string of the molecule is Cc1csc(NC(=O)C2CCN(C(=O)c3cnn(-c4ccc(Cl)cc4)c3C(F)(F)F)CC2)n1. The molecule has 12 heteroatoms. The average molecular weight is 498 g/mol. The van der Waals surface area contributed by atoms with Gasteiger partial charge < -0.3 is 10.2 Å². The number of nitrogens with one attached hydrogen (secondary N) is 1. The van der Waals surface area contributed by atoms with Gasteiger partial charge in [0.1, 0.15) is 0 Å². The predicted molar refractivity (Wildman–Crippen MR) is 118 cm³/mol. The quantitative estimate of drug-likeness (QED) is 0.561. The summed E-state index contributed by atoms with van der Waals surface area (Å²) in [6.45, 7) is 2.15. The third kappa shape index (κ3) is 5.03. The van der Waals surface area contributed by atoms with Gasteiger partial charge in [-0.15, -0.1) is 11.3 Å². The fourth-order valence-electron chi connectivity index (χ4n) is 3.69. The molecule has 2 amide bonds. The number of aryl methyl sites for hydroxylation is 1. The fourth-order valence-corrected chi connectivity index (χ4v) is 4.51. The van der Waals surface area contributed by atoms with Gasteiger partial charge in [0.15, 0.2) is 10.8 Å². The second-order valence-corrected chi connectivity index (χ2v) is 8.94. The third-order valence-corrected chi connectivity index (χ3v) is 6.47. The van der Waals surface area contributed by atoms with Crippen molar-refractivity contribution in [3.63, 3.8) is 0 Å². The first-order chi connectivity index (χ1) is 15.6. The molecule has 3 heterocycles. The van der Waals surface area contributed by atoms with Crippen LogP contribution in [0.4, 0.5) is 18.3 Å². The largest absolute Gasteiger partial charge is 0.434 e. The van der Waals surface area contributed by atoms with Gasteiger partial charge in [-0.3, -0.25) is 9.59 Å². The first-order valence-electron chi connectivity index (χ1n) is 10.1. The molecule has 7 nitrogen and oxygen atoms in total. The van der Waals surface area contributed by atoms with E-state index < -0.39 is 23.3 Å². The zero-order valence-electron chi connectivity index (χ0n) is 17.4. The Bertz CT molecular complexity index is 1170. The Morgan fingerprint density at radius 2 is 1.85 bits per heavy atom. The van der Waals surface area contributed by atoms with Gasteiger partial charge in [-0.1, -0.05) is 11.6 Å². The van der Waals surface area contributed by atoms with Crippen LogP contribution in [0.25, 0.3) is 5.69 Å². The van der Waals surface area contributed by atoms with Gasteiger partial charge in [0.2, 0.25) is 5.91 Å². The number of rotatable bonds is 4. The van der Waals surface area contributed by atoms with E-state index in [1.807, 2.05) is 12.3 Å². The van der Waals surface area contributed by atoms with Crippen molar-refractivity contribution in [1.29, 1.82) is 0 Å². The van der Waals surface area contributed by atoms with Gasteiger partial charge in [-0.25, -0.2) is 9.67 Å². The highest BCUT2D eigenvalue weighted by Gasteiger charge is 2.42. The van der Waals surface area contributed by atoms with Crippen LogP contribution >= 0.6 is 22.9 Å². The van der Waals surface area contributed by atoms with Crippen molar-refractivity contribution in [2.75, 3.05) is 18.4 Å². The molecule has 1 saturated heterocycles. The number of hydrogen-bond donors (Lipinski definition) is 1. The Labute approximate surface area is 196 Å². The monoisotopic (exact) mass is 497 g/mol. The molecule has 1 aliphatic heterocycles. The minimum atomic E-state index is -4.80. The first-order valence-corrected chi connectivity index (χ1v) is 11.3. The van der Waals surface area contributed by atoms with E-state index in [1.54, 1.807) is 0 Å². The van der Waals surface area contributed by atoms with E-state index in [4.69, 9.17) is 11.6 Å². The van der Waals surface area contributed by atoms with E-state index in [1.165, 1.54) is 40.5 Å². The van der Waals surface area contributed by atoms with E-state index in [9.17, 15) is 22.8 Å². The van der Waals surface area contributed by atoms with Gasteiger partial charge in [0.25, 0.3) is 5.91 Å². The first kappa shape index (κ1) is 23.2. The van der Waals surface area contributed by atoms with Crippen LogP contribution in [-0.4, -0.2) is 44.6 Å². The van der Waals surface area contributed by atoms with Crippen LogP contribution in [-0.2, 0) is 11.0 Å². The highest BCUT2D eigenvalue weighted by Crippen LogP contribution is 2.35. The van der Waals surface area contributed by atoms with Crippen LogP contribution in [0.3, 0.4) is 0 Å². The molecule has 0 atom stereocenters. The second kappa shape index (κ2) is 9.14. The molecule has 0 aliphatic carbocycles. The van der Waals surface area contributed by atoms with Crippen LogP contribution in [0.5, 0.6) is 0 Å². The summed E-state index contributed by atoms with van der Waals surface area (Å²) in [5, 5.41) is 9.27. The molecule has 0 bridgehead atoms. The van der Waals surface area contributed by atoms with Gasteiger partial charge in [-0.05, 0) is 44.0 Å². The number of piperidine rings is 1. The van der Waals surface area contributed by atoms with Crippen molar-refractivity contribution < 1.29 is 22.8 Å². The lowest BCUT2D eigenvalue weighted by molar-refractivity contribution is -0.143. The number of benzene rings is 1. The predicted octanol–water partition coefficient (Wildman–Crippen LogP) is 4.80. The third-order valence-electron chi connectivity index (χ3n) is 5.34. The lowest BCUT2D eigenvalue weighted by Gasteiger charge is -2.31. The van der Waals surface area contributed by atoms with Gasteiger partial charge in [-0.2, -0.15) is 18.3 Å². The number of likely N-dealkylation sites (tertiary alicyclic amines) is 1. The highest BCUT2D eigenvalue weighted by atomic mass is 35.5. The number of thiazole rings is 1. The van der Waals surface area contributed by atoms with Gasteiger partial charge in [0, 0.05) is 29.4 Å². The smallest absolute Gasteiger partial charge is 0.338 e. The molecule has 2 aromatic heterocycles. The Hall–Kier alpha value is -2.92. The van der Waals surface area contributed by atoms with E-state index >= 15 is 0 Å². The van der Waals surface area contributed by atoms with Crippen molar-refractivity contribution in [3.8, 4) is 5.69 Å². The molecule has 3 aromatic rings. The zero-order valence-corrected chi connectivity index (χ0v) is 19.0. The molecule has 1 N–H and O–H groups in total. The van der Waals surface area contributed by atoms with Crippen LogP contribution < -0.4 is 5.32 Å². The number of carbonyl (C=O) groups excluding carboxylic acids is 2. The molecule has 4 rings (SSSR count). The number of anilines is 1. The summed E-state index contributed by atoms with van der Waals surface area (Å²) in [4.78, 5) is 31.0. The normalized spacial score (nSPS) is 15.0. The highest BCUT2D eigenvalue weighted by molar-refractivity contribution is 7.13. The van der Waals surface area contributed by atoms with Crippen molar-refractivity contribution in [1.82, 2.24) is 19.7 Å². The number of amides is 2. The van der Waals surface area contributed by atoms with Crippen molar-refractivity contribution >= 4 is 39.9 Å². The molecule has 0 saturated carbocycles. The summed E-state index contributed by atoms with van der Waals surface area (Å²) in [7, 11) is 0. The van der Waals surface area contributed by atoms with Gasteiger partial charge in [0.05, 0.1) is 23.1 Å². The summed E-state index contributed by atoms with van der Waals surface area (Å²) >= 11 is 7.14. The summed E-state index contributed by atoms with van der Waals surface area (Å²) < 4.78 is 42.4. The minimum absolute atomic E-state index is 0.138. The molecule has 1 fully saturated rings. The molecule has 33 heavy (non-hydrogen) atoms. The van der Waals surface area contributed by atoms with Crippen molar-refractivity contribution in [2.24, 2.45) is 5.92 Å². The topological polar surface area (TPSA) is 80.1 Å². The van der Waals surface area contributed by atoms with Crippen molar-refractivity contribution in [2.45, 2.75) is 25.9 Å². The molecule has 1 aromatic carbocycles. The minimum Gasteiger partial charge on any atom is -0.338 e. The molecule has 1 aliphatic rings. The standard InChI is InChI=1S/C21H19ClF3N5O2S/c1-12-11-33-20(27-12)28-18(31)13-6-8-29(9-7-13)19(32)16-10-26-30(17(16)21(23,24)25)15-4-2-14(22)3-5-15/h2-5,10-11,13H,6-9H2,1H3,(H,27,28,31). The van der Waals surface area contributed by atoms with Crippen molar-refractivity contribution in [3.05, 3.63) is 57.8 Å². The molecular weight excluding hydrogens is 479 g/mol. The summed E-state index contributed by atoms with van der Waals surface area (Å²) in [6, 6.07) is 5.69. The Kier molecular flexibility index (Phi) is 6.44. The summed E-state index contributed by atoms with van der Waals surface area (Å²) in [5.41, 5.74) is -0.735. The fraction of sp³-hybridized carbons (Fsp3) is 0.333. The van der Waals surface area contributed by atoms with E-state index in [0.717, 1.165) is 11.9 Å².